The summed E-state index contributed by atoms with van der Waals surface area (Å²) >= 11 is 0. The Morgan fingerprint density at radius 2 is 0.833 bits per heavy atom. The second-order valence-electron chi connectivity index (χ2n) is 12.2. The summed E-state index contributed by atoms with van der Waals surface area (Å²) in [4.78, 5) is 47.0. The summed E-state index contributed by atoms with van der Waals surface area (Å²) in [7, 11) is -6.62. The van der Waals surface area contributed by atoms with Crippen molar-refractivity contribution in [2.24, 2.45) is 5.73 Å². The lowest BCUT2D eigenvalue weighted by atomic mass is 10.1. The number of rotatable bonds is 16. The van der Waals surface area contributed by atoms with Gasteiger partial charge in [-0.1, -0.05) is 24.3 Å². The molecule has 11 N–H and O–H groups in total. The molecule has 0 aliphatic heterocycles. The lowest BCUT2D eigenvalue weighted by molar-refractivity contribution is 0.0696. The highest BCUT2D eigenvalue weighted by Crippen LogP contribution is 2.29. The molecular weight excluding hydrogens is 823 g/mol. The number of carbonyl (C=O) groups is 2. The fourth-order valence-corrected chi connectivity index (χ4v) is 6.68. The van der Waals surface area contributed by atoms with Crippen molar-refractivity contribution in [2.45, 2.75) is 9.79 Å². The number of hydrogen-bond donors (Lipinski definition) is 10. The molecule has 0 atom stereocenters. The van der Waals surface area contributed by atoms with E-state index in [1.165, 1.54) is 72.8 Å². The Morgan fingerprint density at radius 3 is 1.15 bits per heavy atom. The molecule has 0 aliphatic carbocycles. The predicted octanol–water partition coefficient (Wildman–Crippen LogP) is 4.58. The number of benzene rings is 4. The van der Waals surface area contributed by atoms with E-state index in [1.807, 2.05) is 0 Å². The molecule has 0 radical (unpaired) electrons. The van der Waals surface area contributed by atoms with Gasteiger partial charge in [0, 0.05) is 42.4 Å². The third-order valence-corrected chi connectivity index (χ3v) is 9.89. The molecule has 0 aliphatic rings. The van der Waals surface area contributed by atoms with Gasteiger partial charge in [-0.2, -0.15) is 46.7 Å². The van der Waals surface area contributed by atoms with Crippen LogP contribution in [0.5, 0.6) is 0 Å². The van der Waals surface area contributed by atoms with E-state index in [0.717, 1.165) is 12.1 Å². The number of carboxylic acids is 1. The maximum Gasteiger partial charge on any atom is 0.335 e. The van der Waals surface area contributed by atoms with Crippen molar-refractivity contribution >= 4 is 103 Å². The van der Waals surface area contributed by atoms with Gasteiger partial charge in [-0.05, 0) is 83.9 Å². The largest absolute Gasteiger partial charge is 0.478 e. The molecule has 6 aromatic rings. The van der Waals surface area contributed by atoms with E-state index in [1.54, 1.807) is 26.2 Å². The first-order valence-corrected chi connectivity index (χ1v) is 20.0. The Labute approximate surface area is 341 Å². The zero-order chi connectivity index (χ0) is 43.2. The van der Waals surface area contributed by atoms with E-state index in [-0.39, 0.29) is 63.8 Å². The van der Waals surface area contributed by atoms with Crippen molar-refractivity contribution in [3.8, 4) is 0 Å². The topological polar surface area (TPSA) is 339 Å². The highest BCUT2D eigenvalue weighted by molar-refractivity contribution is 7.86. The number of primary amides is 1. The fourth-order valence-electron chi connectivity index (χ4n) is 5.26. The number of carboxylic acid groups (broad SMARTS) is 1. The molecule has 0 bridgehead atoms. The number of nitrogens with zero attached hydrogens (tertiary/aromatic N) is 6. The zero-order valence-corrected chi connectivity index (χ0v) is 32.7. The van der Waals surface area contributed by atoms with Gasteiger partial charge in [-0.3, -0.25) is 13.9 Å². The summed E-state index contributed by atoms with van der Waals surface area (Å²) in [6.45, 7) is 0. The van der Waals surface area contributed by atoms with E-state index in [9.17, 15) is 35.5 Å². The van der Waals surface area contributed by atoms with Gasteiger partial charge in [0.25, 0.3) is 20.2 Å². The van der Waals surface area contributed by atoms with Gasteiger partial charge in [0.2, 0.25) is 41.6 Å². The van der Waals surface area contributed by atoms with Crippen molar-refractivity contribution < 1.29 is 40.6 Å². The van der Waals surface area contributed by atoms with E-state index in [4.69, 9.17) is 10.8 Å². The Morgan fingerprint density at radius 1 is 0.517 bits per heavy atom. The maximum absolute atomic E-state index is 12.6. The minimum absolute atomic E-state index is 0.0270. The molecule has 0 fully saturated rings. The number of anilines is 10. The first-order valence-electron chi connectivity index (χ1n) is 17.1. The van der Waals surface area contributed by atoms with Crippen molar-refractivity contribution in [3.05, 3.63) is 107 Å². The van der Waals surface area contributed by atoms with E-state index < -0.39 is 41.9 Å². The van der Waals surface area contributed by atoms with Crippen LogP contribution in [-0.2, 0) is 20.2 Å². The van der Waals surface area contributed by atoms with Gasteiger partial charge in [0.15, 0.2) is 0 Å². The molecule has 24 heteroatoms. The smallest absolute Gasteiger partial charge is 0.335 e. The highest BCUT2D eigenvalue weighted by Gasteiger charge is 2.19. The molecule has 2 heterocycles. The minimum Gasteiger partial charge on any atom is -0.478 e. The summed E-state index contributed by atoms with van der Waals surface area (Å²) in [5.74, 6) is -1.39. The van der Waals surface area contributed by atoms with Crippen LogP contribution in [0.1, 0.15) is 31.8 Å². The molecule has 0 saturated carbocycles. The molecule has 308 valence electrons. The number of aromatic carboxylic acids is 1. The Balaban J connectivity index is 1.24. The minimum atomic E-state index is -4.87. The van der Waals surface area contributed by atoms with Crippen LogP contribution in [0.15, 0.2) is 94.7 Å². The molecule has 0 unspecified atom stereocenters. The zero-order valence-electron chi connectivity index (χ0n) is 31.1. The third kappa shape index (κ3) is 10.6. The first-order chi connectivity index (χ1) is 28.5. The molecule has 0 saturated heterocycles. The Hall–Kier alpha value is -7.80. The number of amides is 1. The van der Waals surface area contributed by atoms with Crippen LogP contribution in [0, 0.1) is 0 Å². The van der Waals surface area contributed by atoms with Gasteiger partial charge in [-0.25, -0.2) is 4.79 Å². The van der Waals surface area contributed by atoms with Crippen molar-refractivity contribution in [1.82, 2.24) is 29.9 Å². The summed E-state index contributed by atoms with van der Waals surface area (Å²) in [5.41, 5.74) is 6.80. The number of aromatic nitrogens is 6. The van der Waals surface area contributed by atoms with Gasteiger partial charge in [0.1, 0.15) is 9.79 Å². The quantitative estimate of drug-likeness (QED) is 0.0470. The van der Waals surface area contributed by atoms with Crippen molar-refractivity contribution in [2.75, 3.05) is 46.0 Å². The van der Waals surface area contributed by atoms with E-state index in [2.05, 4.69) is 61.8 Å². The molecule has 22 nitrogen and oxygen atoms in total. The number of nitrogens with two attached hydrogens (primary N) is 1. The van der Waals surface area contributed by atoms with Crippen LogP contribution in [-0.4, -0.2) is 86.9 Å². The maximum atomic E-state index is 12.6. The van der Waals surface area contributed by atoms with Gasteiger partial charge < -0.3 is 42.7 Å². The van der Waals surface area contributed by atoms with Gasteiger partial charge in [0.05, 0.1) is 5.56 Å². The average molecular weight is 856 g/mol. The van der Waals surface area contributed by atoms with Crippen LogP contribution < -0.4 is 37.6 Å². The van der Waals surface area contributed by atoms with E-state index >= 15 is 0 Å². The predicted molar refractivity (Wildman–Crippen MR) is 222 cm³/mol. The second kappa shape index (κ2) is 17.4. The van der Waals surface area contributed by atoms with E-state index in [0.29, 0.717) is 16.9 Å². The van der Waals surface area contributed by atoms with Crippen LogP contribution in [0.2, 0.25) is 0 Å². The molecule has 4 aromatic carbocycles. The lowest BCUT2D eigenvalue weighted by Crippen LogP contribution is -2.10. The second-order valence-corrected chi connectivity index (χ2v) is 15.0. The Bertz CT molecular complexity index is 2670. The van der Waals surface area contributed by atoms with Crippen LogP contribution >= 0.6 is 0 Å². The first kappa shape index (κ1) is 41.8. The summed E-state index contributed by atoms with van der Waals surface area (Å²) in [6.07, 6.45) is 2.45. The molecule has 6 rings (SSSR count). The normalized spacial score (nSPS) is 11.5. The number of carbonyl (C=O) groups excluding carboxylic acids is 1. The number of nitrogens with one attached hydrogen (secondary N) is 6. The number of hydrogen-bond acceptors (Lipinski definition) is 18. The van der Waals surface area contributed by atoms with Gasteiger partial charge >= 0.3 is 5.97 Å². The molecule has 60 heavy (non-hydrogen) atoms. The Kier molecular flexibility index (Phi) is 12.1. The standard InChI is InChI=1S/C36H33N13O9S2/c1-38-31-44-33(40-23-11-7-21(8-12-23)29(37)50)48-35(46-31)42-25-15-5-19(27(17-25)59(53,54)55)3-4-20-6-16-26(18-28(20)60(56,57)58)43-36-47-32(39-2)45-34(49-36)41-24-13-9-22(10-14-24)30(51)52/h3-18H,1-2H3,(H2,37,50)(H,51,52)(H,53,54,55)(H,56,57,58)(H3,38,40,42,44,46,48)(H3,39,41,43,45,47,49)/b4-3+. The summed E-state index contributed by atoms with van der Waals surface area (Å²) in [6, 6.07) is 19.7. The van der Waals surface area contributed by atoms with Crippen molar-refractivity contribution in [3.63, 3.8) is 0 Å². The van der Waals surface area contributed by atoms with Crippen LogP contribution in [0.25, 0.3) is 12.2 Å². The summed E-state index contributed by atoms with van der Waals surface area (Å²) in [5, 5.41) is 26.3. The SMILES string of the molecule is CNc1nc(Nc2ccc(C(N)=O)cc2)nc(Nc2ccc(/C=C/c3ccc(Nc4nc(NC)nc(Nc5ccc(C(=O)O)cc5)n4)cc3S(=O)(=O)O)c(S(=O)(=O)O)c2)n1. The summed E-state index contributed by atoms with van der Waals surface area (Å²) < 4.78 is 70.6. The highest BCUT2D eigenvalue weighted by atomic mass is 32.2. The van der Waals surface area contributed by atoms with Crippen LogP contribution in [0.3, 0.4) is 0 Å². The molecular formula is C36H33N13O9S2. The molecule has 1 amide bonds. The lowest BCUT2D eigenvalue weighted by Gasteiger charge is -2.12. The third-order valence-electron chi connectivity index (χ3n) is 8.07. The fraction of sp³-hybridized carbons (Fsp3) is 0.0556. The monoisotopic (exact) mass is 855 g/mol. The average Bonchev–Trinajstić information content (AvgIpc) is 3.20. The molecule has 2 aromatic heterocycles. The van der Waals surface area contributed by atoms with Gasteiger partial charge in [-0.15, -0.1) is 0 Å². The molecule has 0 spiro atoms. The van der Waals surface area contributed by atoms with Crippen molar-refractivity contribution in [1.29, 1.82) is 0 Å². The van der Waals surface area contributed by atoms with Crippen LogP contribution in [0.4, 0.5) is 58.4 Å².